The van der Waals surface area contributed by atoms with Crippen molar-refractivity contribution in [2.45, 2.75) is 26.3 Å². The number of alkyl halides is 2. The van der Waals surface area contributed by atoms with Gasteiger partial charge in [0.1, 0.15) is 0 Å². The lowest BCUT2D eigenvalue weighted by Crippen LogP contribution is -2.40. The zero-order chi connectivity index (χ0) is 10.6. The highest BCUT2D eigenvalue weighted by Crippen LogP contribution is 2.10. The molecule has 78 valence electrons. The number of aliphatic carboxylic acids is 1. The van der Waals surface area contributed by atoms with Gasteiger partial charge in [0.25, 0.3) is 6.43 Å². The number of hydrogen-bond acceptors (Lipinski definition) is 2. The van der Waals surface area contributed by atoms with Crippen LogP contribution in [0, 0.1) is 5.92 Å². The summed E-state index contributed by atoms with van der Waals surface area (Å²) in [5, 5.41) is 8.62. The van der Waals surface area contributed by atoms with Crippen molar-refractivity contribution in [3.8, 4) is 0 Å². The van der Waals surface area contributed by atoms with Gasteiger partial charge in [0.2, 0.25) is 0 Å². The molecular weight excluding hydrogens is 180 g/mol. The number of carboxylic acids is 1. The summed E-state index contributed by atoms with van der Waals surface area (Å²) < 4.78 is 23.8. The van der Waals surface area contributed by atoms with Gasteiger partial charge in [-0.25, -0.2) is 8.78 Å². The maximum Gasteiger partial charge on any atom is 0.307 e. The van der Waals surface area contributed by atoms with Crippen LogP contribution in [0.1, 0.15) is 13.8 Å². The van der Waals surface area contributed by atoms with Crippen LogP contribution in [0.2, 0.25) is 0 Å². The average molecular weight is 195 g/mol. The number of carboxylic acid groups (broad SMARTS) is 1. The highest BCUT2D eigenvalue weighted by molar-refractivity contribution is 5.70. The van der Waals surface area contributed by atoms with Crippen LogP contribution in [-0.2, 0) is 4.79 Å². The number of halogens is 2. The molecule has 0 aliphatic heterocycles. The van der Waals surface area contributed by atoms with Crippen LogP contribution < -0.4 is 0 Å². The topological polar surface area (TPSA) is 40.5 Å². The van der Waals surface area contributed by atoms with Gasteiger partial charge in [0.15, 0.2) is 0 Å². The first-order valence-electron chi connectivity index (χ1n) is 4.07. The zero-order valence-corrected chi connectivity index (χ0v) is 8.00. The van der Waals surface area contributed by atoms with E-state index in [1.165, 1.54) is 18.9 Å². The van der Waals surface area contributed by atoms with Crippen molar-refractivity contribution in [2.24, 2.45) is 5.92 Å². The molecule has 0 rings (SSSR count). The van der Waals surface area contributed by atoms with E-state index in [1.54, 1.807) is 6.92 Å². The quantitative estimate of drug-likeness (QED) is 0.718. The van der Waals surface area contributed by atoms with E-state index in [4.69, 9.17) is 5.11 Å². The molecule has 0 amide bonds. The third-order valence-corrected chi connectivity index (χ3v) is 2.23. The van der Waals surface area contributed by atoms with Gasteiger partial charge in [-0.3, -0.25) is 9.69 Å². The molecule has 5 heteroatoms. The molecule has 0 saturated carbocycles. The van der Waals surface area contributed by atoms with Crippen LogP contribution in [0.4, 0.5) is 8.78 Å². The summed E-state index contributed by atoms with van der Waals surface area (Å²) in [6, 6.07) is -0.383. The monoisotopic (exact) mass is 195 g/mol. The first-order chi connectivity index (χ1) is 5.86. The van der Waals surface area contributed by atoms with Crippen molar-refractivity contribution in [3.05, 3.63) is 0 Å². The van der Waals surface area contributed by atoms with Gasteiger partial charge in [-0.1, -0.05) is 6.92 Å². The molecule has 0 aromatic heterocycles. The Balaban J connectivity index is 4.08. The Morgan fingerprint density at radius 3 is 2.23 bits per heavy atom. The lowest BCUT2D eigenvalue weighted by molar-refractivity contribution is -0.143. The third-order valence-electron chi connectivity index (χ3n) is 2.23. The minimum Gasteiger partial charge on any atom is -0.481 e. The van der Waals surface area contributed by atoms with Crippen LogP contribution in [0.5, 0.6) is 0 Å². The van der Waals surface area contributed by atoms with Gasteiger partial charge in [-0.05, 0) is 14.0 Å². The van der Waals surface area contributed by atoms with E-state index in [9.17, 15) is 13.6 Å². The lowest BCUT2D eigenvalue weighted by atomic mass is 10.0. The van der Waals surface area contributed by atoms with Gasteiger partial charge in [-0.15, -0.1) is 0 Å². The molecule has 0 aromatic carbocycles. The molecule has 1 N–H and O–H groups in total. The maximum absolute atomic E-state index is 11.9. The predicted octanol–water partition coefficient (Wildman–Crippen LogP) is 1.29. The molecule has 2 atom stereocenters. The Hall–Kier alpha value is -0.710. The molecule has 0 radical (unpaired) electrons. The lowest BCUT2D eigenvalue weighted by Gasteiger charge is -2.27. The van der Waals surface area contributed by atoms with E-state index in [-0.39, 0.29) is 6.04 Å². The highest BCUT2D eigenvalue weighted by atomic mass is 19.3. The summed E-state index contributed by atoms with van der Waals surface area (Å²) in [6.45, 7) is 2.74. The largest absolute Gasteiger partial charge is 0.481 e. The normalized spacial score (nSPS) is 16.2. The van der Waals surface area contributed by atoms with Crippen LogP contribution in [0.15, 0.2) is 0 Å². The molecule has 0 spiro atoms. The van der Waals surface area contributed by atoms with Crippen molar-refractivity contribution in [1.82, 2.24) is 4.90 Å². The second-order valence-corrected chi connectivity index (χ2v) is 3.20. The fourth-order valence-corrected chi connectivity index (χ4v) is 0.972. The molecule has 0 fully saturated rings. The second-order valence-electron chi connectivity index (χ2n) is 3.20. The predicted molar refractivity (Wildman–Crippen MR) is 44.9 cm³/mol. The molecule has 0 saturated heterocycles. The Morgan fingerprint density at radius 2 is 1.92 bits per heavy atom. The van der Waals surface area contributed by atoms with E-state index in [2.05, 4.69) is 0 Å². The molecule has 2 unspecified atom stereocenters. The minimum atomic E-state index is -2.42. The Morgan fingerprint density at radius 1 is 1.46 bits per heavy atom. The van der Waals surface area contributed by atoms with Crippen LogP contribution in [-0.4, -0.2) is 42.0 Å². The van der Waals surface area contributed by atoms with Gasteiger partial charge >= 0.3 is 5.97 Å². The van der Waals surface area contributed by atoms with Crippen molar-refractivity contribution < 1.29 is 18.7 Å². The first-order valence-corrected chi connectivity index (χ1v) is 4.07. The van der Waals surface area contributed by atoms with E-state index in [0.29, 0.717) is 0 Å². The summed E-state index contributed by atoms with van der Waals surface area (Å²) in [4.78, 5) is 11.9. The van der Waals surface area contributed by atoms with Gasteiger partial charge < -0.3 is 5.11 Å². The third kappa shape index (κ3) is 4.17. The summed E-state index contributed by atoms with van der Waals surface area (Å²) in [5.74, 6) is -1.60. The second kappa shape index (κ2) is 5.11. The molecule has 0 aliphatic rings. The number of hydrogen-bond donors (Lipinski definition) is 1. The van der Waals surface area contributed by atoms with Crippen LogP contribution >= 0.6 is 0 Å². The smallest absolute Gasteiger partial charge is 0.307 e. The van der Waals surface area contributed by atoms with Crippen molar-refractivity contribution in [1.29, 1.82) is 0 Å². The van der Waals surface area contributed by atoms with Crippen molar-refractivity contribution >= 4 is 5.97 Å². The van der Waals surface area contributed by atoms with Crippen LogP contribution in [0.25, 0.3) is 0 Å². The SMILES string of the molecule is CC(C(=O)O)C(C)N(C)CC(F)F. The summed E-state index contributed by atoms with van der Waals surface area (Å²) in [5.41, 5.74) is 0. The maximum atomic E-state index is 11.9. The van der Waals surface area contributed by atoms with E-state index in [1.807, 2.05) is 0 Å². The summed E-state index contributed by atoms with van der Waals surface area (Å²) >= 11 is 0. The van der Waals surface area contributed by atoms with Crippen LogP contribution in [0.3, 0.4) is 0 Å². The van der Waals surface area contributed by atoms with E-state index in [0.717, 1.165) is 0 Å². The van der Waals surface area contributed by atoms with E-state index >= 15 is 0 Å². The molecular formula is C8H15F2NO2. The molecule has 0 bridgehead atoms. The van der Waals surface area contributed by atoms with Crippen molar-refractivity contribution in [2.75, 3.05) is 13.6 Å². The summed E-state index contributed by atoms with van der Waals surface area (Å²) in [7, 11) is 1.50. The molecule has 0 aliphatic carbocycles. The zero-order valence-electron chi connectivity index (χ0n) is 8.00. The van der Waals surface area contributed by atoms with Gasteiger partial charge in [0.05, 0.1) is 12.5 Å². The highest BCUT2D eigenvalue weighted by Gasteiger charge is 2.24. The molecule has 3 nitrogen and oxygen atoms in total. The number of rotatable bonds is 5. The Bertz CT molecular complexity index is 176. The summed E-state index contributed by atoms with van der Waals surface area (Å²) in [6.07, 6.45) is -2.42. The first kappa shape index (κ1) is 12.3. The van der Waals surface area contributed by atoms with E-state index < -0.39 is 24.9 Å². The fraction of sp³-hybridized carbons (Fsp3) is 0.875. The average Bonchev–Trinajstić information content (AvgIpc) is 2.00. The molecule has 0 aromatic rings. The standard InChI is InChI=1S/C8H15F2NO2/c1-5(8(12)13)6(2)11(3)4-7(9)10/h5-7H,4H2,1-3H3,(H,12,13). The van der Waals surface area contributed by atoms with Gasteiger partial charge in [0, 0.05) is 6.04 Å². The minimum absolute atomic E-state index is 0.383. The number of carbonyl (C=O) groups is 1. The molecule has 13 heavy (non-hydrogen) atoms. The Labute approximate surface area is 76.3 Å². The fourth-order valence-electron chi connectivity index (χ4n) is 0.972. The number of nitrogens with zero attached hydrogens (tertiary/aromatic N) is 1. The molecule has 0 heterocycles. The van der Waals surface area contributed by atoms with Gasteiger partial charge in [-0.2, -0.15) is 0 Å². The Kier molecular flexibility index (Phi) is 4.83. The van der Waals surface area contributed by atoms with Crippen molar-refractivity contribution in [3.63, 3.8) is 0 Å².